The SMILES string of the molecule is C/C=C\c1c(C)oc2c(-c3ccc(C4=NC(C)(c5ccccc5)C=C(c5ccccc5)N4)cc3)cccc12. The van der Waals surface area contributed by atoms with Gasteiger partial charge in [-0.3, -0.25) is 4.99 Å². The van der Waals surface area contributed by atoms with Gasteiger partial charge in [0.15, 0.2) is 0 Å². The molecule has 0 saturated heterocycles. The van der Waals surface area contributed by atoms with E-state index in [9.17, 15) is 0 Å². The van der Waals surface area contributed by atoms with Crippen LogP contribution < -0.4 is 5.32 Å². The van der Waals surface area contributed by atoms with E-state index in [0.717, 1.165) is 61.6 Å². The molecule has 0 fully saturated rings. The molecule has 1 N–H and O–H groups in total. The molecule has 1 aromatic heterocycles. The van der Waals surface area contributed by atoms with Gasteiger partial charge in [0.05, 0.1) is 0 Å². The summed E-state index contributed by atoms with van der Waals surface area (Å²) in [6.45, 7) is 6.23. The molecule has 0 saturated carbocycles. The summed E-state index contributed by atoms with van der Waals surface area (Å²) in [6.07, 6.45) is 6.39. The summed E-state index contributed by atoms with van der Waals surface area (Å²) < 4.78 is 6.23. The Labute approximate surface area is 223 Å². The molecule has 186 valence electrons. The highest BCUT2D eigenvalue weighted by Crippen LogP contribution is 2.36. The molecule has 4 aromatic carbocycles. The molecule has 1 unspecified atom stereocenters. The lowest BCUT2D eigenvalue weighted by Crippen LogP contribution is -2.34. The van der Waals surface area contributed by atoms with Crippen molar-refractivity contribution in [1.29, 1.82) is 0 Å². The topological polar surface area (TPSA) is 37.5 Å². The number of hydrogen-bond acceptors (Lipinski definition) is 3. The Morgan fingerprint density at radius 1 is 0.763 bits per heavy atom. The zero-order chi connectivity index (χ0) is 26.1. The largest absolute Gasteiger partial charge is 0.460 e. The Morgan fingerprint density at radius 3 is 2.16 bits per heavy atom. The number of fused-ring (bicyclic) bond motifs is 1. The highest BCUT2D eigenvalue weighted by Gasteiger charge is 2.29. The van der Waals surface area contributed by atoms with E-state index in [1.807, 2.05) is 26.0 Å². The maximum Gasteiger partial charge on any atom is 0.142 e. The molecule has 5 aromatic rings. The Balaban J connectivity index is 1.41. The summed E-state index contributed by atoms with van der Waals surface area (Å²) in [4.78, 5) is 5.22. The zero-order valence-electron chi connectivity index (χ0n) is 21.9. The van der Waals surface area contributed by atoms with Crippen molar-refractivity contribution < 1.29 is 4.42 Å². The molecule has 6 rings (SSSR count). The van der Waals surface area contributed by atoms with Crippen LogP contribution in [0.4, 0.5) is 0 Å². The fraction of sp³-hybridized carbons (Fsp3) is 0.114. The van der Waals surface area contributed by atoms with Gasteiger partial charge in [-0.05, 0) is 43.5 Å². The average molecular weight is 495 g/mol. The first kappa shape index (κ1) is 23.7. The molecule has 1 atom stereocenters. The second-order valence-corrected chi connectivity index (χ2v) is 9.85. The number of aliphatic imine (C=N–C) groups is 1. The number of rotatable bonds is 5. The van der Waals surface area contributed by atoms with Gasteiger partial charge in [0.1, 0.15) is 22.7 Å². The van der Waals surface area contributed by atoms with E-state index in [1.165, 1.54) is 0 Å². The molecule has 0 amide bonds. The molecule has 38 heavy (non-hydrogen) atoms. The van der Waals surface area contributed by atoms with Crippen LogP contribution in [0.25, 0.3) is 33.9 Å². The lowest BCUT2D eigenvalue weighted by atomic mass is 9.88. The lowest BCUT2D eigenvalue weighted by Gasteiger charge is -2.31. The van der Waals surface area contributed by atoms with Gasteiger partial charge in [0, 0.05) is 27.8 Å². The second-order valence-electron chi connectivity index (χ2n) is 9.85. The smallest absolute Gasteiger partial charge is 0.142 e. The molecule has 0 spiro atoms. The third-order valence-corrected chi connectivity index (χ3v) is 7.21. The van der Waals surface area contributed by atoms with Crippen LogP contribution in [0.3, 0.4) is 0 Å². The molecule has 3 nitrogen and oxygen atoms in total. The summed E-state index contributed by atoms with van der Waals surface area (Å²) in [5.41, 5.74) is 8.15. The Hall–Kier alpha value is -4.63. The molecule has 3 heteroatoms. The van der Waals surface area contributed by atoms with Crippen LogP contribution in [0, 0.1) is 6.92 Å². The minimum atomic E-state index is -0.494. The third kappa shape index (κ3) is 4.26. The number of furan rings is 1. The van der Waals surface area contributed by atoms with Gasteiger partial charge in [-0.1, -0.05) is 115 Å². The van der Waals surface area contributed by atoms with E-state index >= 15 is 0 Å². The Morgan fingerprint density at radius 2 is 1.45 bits per heavy atom. The first-order valence-corrected chi connectivity index (χ1v) is 13.0. The van der Waals surface area contributed by atoms with Crippen molar-refractivity contribution >= 4 is 28.6 Å². The third-order valence-electron chi connectivity index (χ3n) is 7.21. The number of benzene rings is 4. The van der Waals surface area contributed by atoms with Gasteiger partial charge >= 0.3 is 0 Å². The van der Waals surface area contributed by atoms with E-state index in [-0.39, 0.29) is 0 Å². The summed E-state index contributed by atoms with van der Waals surface area (Å²) in [5.74, 6) is 1.79. The van der Waals surface area contributed by atoms with Crippen molar-refractivity contribution in [2.75, 3.05) is 0 Å². The highest BCUT2D eigenvalue weighted by atomic mass is 16.3. The van der Waals surface area contributed by atoms with Crippen LogP contribution in [0.15, 0.2) is 125 Å². The van der Waals surface area contributed by atoms with Crippen LogP contribution in [0.1, 0.15) is 41.9 Å². The summed E-state index contributed by atoms with van der Waals surface area (Å²) in [7, 11) is 0. The maximum atomic E-state index is 6.23. The van der Waals surface area contributed by atoms with Crippen LogP contribution in [0.5, 0.6) is 0 Å². The predicted molar refractivity (Wildman–Crippen MR) is 159 cm³/mol. The Bertz CT molecular complexity index is 1690. The zero-order valence-corrected chi connectivity index (χ0v) is 21.9. The summed E-state index contributed by atoms with van der Waals surface area (Å²) >= 11 is 0. The van der Waals surface area contributed by atoms with Crippen LogP contribution in [-0.2, 0) is 5.54 Å². The van der Waals surface area contributed by atoms with Crippen LogP contribution in [0.2, 0.25) is 0 Å². The minimum absolute atomic E-state index is 0.494. The molecule has 0 bridgehead atoms. The number of allylic oxidation sites excluding steroid dienone is 1. The number of amidine groups is 1. The van der Waals surface area contributed by atoms with E-state index in [4.69, 9.17) is 9.41 Å². The first-order chi connectivity index (χ1) is 18.6. The van der Waals surface area contributed by atoms with Crippen molar-refractivity contribution in [2.45, 2.75) is 26.3 Å². The van der Waals surface area contributed by atoms with E-state index in [1.54, 1.807) is 0 Å². The standard InChI is InChI=1S/C35H30N2O/c1-4-12-29-24(2)38-33-30(17-11-18-31(29)33)25-19-21-27(22-20-25)34-36-32(26-13-7-5-8-14-26)23-35(3,37-34)28-15-9-6-10-16-28/h4-23H,1-3H3,(H,36,37)/b12-4-. The average Bonchev–Trinajstić information content (AvgIpc) is 3.29. The van der Waals surface area contributed by atoms with Gasteiger partial charge in [-0.2, -0.15) is 0 Å². The van der Waals surface area contributed by atoms with Crippen molar-refractivity contribution in [1.82, 2.24) is 5.32 Å². The van der Waals surface area contributed by atoms with Crippen molar-refractivity contribution in [3.8, 4) is 11.1 Å². The first-order valence-electron chi connectivity index (χ1n) is 13.0. The van der Waals surface area contributed by atoms with E-state index < -0.39 is 5.54 Å². The number of para-hydroxylation sites is 1. The Kier molecular flexibility index (Phi) is 6.05. The van der Waals surface area contributed by atoms with Crippen molar-refractivity contribution in [3.05, 3.63) is 143 Å². The number of nitrogens with zero attached hydrogens (tertiary/aromatic N) is 1. The molecule has 1 aliphatic rings. The molecule has 1 aliphatic heterocycles. The molecular weight excluding hydrogens is 464 g/mol. The van der Waals surface area contributed by atoms with Gasteiger partial charge in [0.25, 0.3) is 0 Å². The summed E-state index contributed by atoms with van der Waals surface area (Å²) in [6, 6.07) is 35.8. The predicted octanol–water partition coefficient (Wildman–Crippen LogP) is 8.75. The fourth-order valence-electron chi connectivity index (χ4n) is 5.24. The van der Waals surface area contributed by atoms with Crippen LogP contribution >= 0.6 is 0 Å². The lowest BCUT2D eigenvalue weighted by molar-refractivity contribution is 0.578. The number of aryl methyl sites for hydroxylation is 1. The van der Waals surface area contributed by atoms with E-state index in [2.05, 4.69) is 121 Å². The maximum absolute atomic E-state index is 6.23. The van der Waals surface area contributed by atoms with Gasteiger partial charge in [-0.15, -0.1) is 0 Å². The van der Waals surface area contributed by atoms with Gasteiger partial charge in [-0.25, -0.2) is 0 Å². The number of hydrogen-bond donors (Lipinski definition) is 1. The highest BCUT2D eigenvalue weighted by molar-refractivity contribution is 6.06. The molecule has 0 aliphatic carbocycles. The number of nitrogens with one attached hydrogen (secondary N) is 1. The monoisotopic (exact) mass is 494 g/mol. The van der Waals surface area contributed by atoms with Crippen LogP contribution in [-0.4, -0.2) is 5.84 Å². The second kappa shape index (κ2) is 9.68. The summed E-state index contributed by atoms with van der Waals surface area (Å²) in [5, 5.41) is 4.75. The van der Waals surface area contributed by atoms with Crippen molar-refractivity contribution in [2.24, 2.45) is 4.99 Å². The normalized spacial score (nSPS) is 17.3. The molecule has 0 radical (unpaired) electrons. The molecule has 2 heterocycles. The van der Waals surface area contributed by atoms with E-state index in [0.29, 0.717) is 0 Å². The molecular formula is C35H30N2O. The van der Waals surface area contributed by atoms with Gasteiger partial charge in [0.2, 0.25) is 0 Å². The minimum Gasteiger partial charge on any atom is -0.460 e. The van der Waals surface area contributed by atoms with Crippen molar-refractivity contribution in [3.63, 3.8) is 0 Å². The van der Waals surface area contributed by atoms with Gasteiger partial charge < -0.3 is 9.73 Å². The fourth-order valence-corrected chi connectivity index (χ4v) is 5.24. The quantitative estimate of drug-likeness (QED) is 0.265.